The number of rotatable bonds is 5. The highest BCUT2D eigenvalue weighted by Crippen LogP contribution is 2.15. The first-order valence-electron chi connectivity index (χ1n) is 8.22. The van der Waals surface area contributed by atoms with Crippen molar-refractivity contribution in [1.29, 1.82) is 0 Å². The van der Waals surface area contributed by atoms with Crippen LogP contribution in [0, 0.1) is 5.95 Å². The minimum absolute atomic E-state index is 0.0303. The molecule has 0 saturated carbocycles. The summed E-state index contributed by atoms with van der Waals surface area (Å²) in [5.74, 6) is 0.138. The standard InChI is InChI=1S/C18H20ClFN4O/c19-15-5-2-1-4-14(15)12-21-18(25)13-23-8-10-24(11-9-23)17-7-3-6-16(20)22-17/h1-7H,8-13H2,(H,21,25). The van der Waals surface area contributed by atoms with Gasteiger partial charge in [0.15, 0.2) is 0 Å². The molecule has 132 valence electrons. The zero-order valence-electron chi connectivity index (χ0n) is 13.8. The minimum atomic E-state index is -0.473. The molecule has 5 nitrogen and oxygen atoms in total. The zero-order chi connectivity index (χ0) is 17.6. The lowest BCUT2D eigenvalue weighted by Gasteiger charge is -2.34. The largest absolute Gasteiger partial charge is 0.354 e. The summed E-state index contributed by atoms with van der Waals surface area (Å²) in [4.78, 5) is 20.1. The molecule has 1 fully saturated rings. The van der Waals surface area contributed by atoms with Gasteiger partial charge in [-0.2, -0.15) is 4.39 Å². The number of carbonyl (C=O) groups is 1. The predicted molar refractivity (Wildman–Crippen MR) is 96.1 cm³/mol. The van der Waals surface area contributed by atoms with Crippen LogP contribution >= 0.6 is 11.6 Å². The maximum absolute atomic E-state index is 13.2. The average Bonchev–Trinajstić information content (AvgIpc) is 2.62. The number of nitrogens with zero attached hydrogens (tertiary/aromatic N) is 3. The normalized spacial score (nSPS) is 15.2. The highest BCUT2D eigenvalue weighted by molar-refractivity contribution is 6.31. The van der Waals surface area contributed by atoms with E-state index >= 15 is 0 Å². The molecule has 0 unspecified atom stereocenters. The van der Waals surface area contributed by atoms with Crippen molar-refractivity contribution in [2.24, 2.45) is 0 Å². The Morgan fingerprint density at radius 3 is 2.60 bits per heavy atom. The molecule has 0 spiro atoms. The number of piperazine rings is 1. The highest BCUT2D eigenvalue weighted by atomic mass is 35.5. The summed E-state index contributed by atoms with van der Waals surface area (Å²) in [6, 6.07) is 12.3. The van der Waals surface area contributed by atoms with Gasteiger partial charge in [0, 0.05) is 37.7 Å². The Labute approximate surface area is 151 Å². The van der Waals surface area contributed by atoms with Crippen molar-refractivity contribution in [2.45, 2.75) is 6.54 Å². The first kappa shape index (κ1) is 17.6. The number of benzene rings is 1. The number of anilines is 1. The van der Waals surface area contributed by atoms with Crippen LogP contribution < -0.4 is 10.2 Å². The van der Waals surface area contributed by atoms with Gasteiger partial charge in [0.05, 0.1) is 6.54 Å². The number of carbonyl (C=O) groups excluding carboxylic acids is 1. The molecule has 3 rings (SSSR count). The number of hydrogen-bond acceptors (Lipinski definition) is 4. The molecule has 0 bridgehead atoms. The third-order valence-corrected chi connectivity index (χ3v) is 4.57. The molecule has 1 N–H and O–H groups in total. The van der Waals surface area contributed by atoms with Crippen molar-refractivity contribution in [1.82, 2.24) is 15.2 Å². The topological polar surface area (TPSA) is 48.5 Å². The van der Waals surface area contributed by atoms with Crippen molar-refractivity contribution in [2.75, 3.05) is 37.6 Å². The van der Waals surface area contributed by atoms with E-state index in [4.69, 9.17) is 11.6 Å². The molecule has 0 aliphatic carbocycles. The lowest BCUT2D eigenvalue weighted by molar-refractivity contribution is -0.122. The van der Waals surface area contributed by atoms with Crippen LogP contribution in [0.25, 0.3) is 0 Å². The lowest BCUT2D eigenvalue weighted by Crippen LogP contribution is -2.49. The summed E-state index contributed by atoms with van der Waals surface area (Å²) >= 11 is 6.09. The summed E-state index contributed by atoms with van der Waals surface area (Å²) in [5, 5.41) is 3.55. The summed E-state index contributed by atoms with van der Waals surface area (Å²) in [6.45, 7) is 3.67. The van der Waals surface area contributed by atoms with Crippen molar-refractivity contribution < 1.29 is 9.18 Å². The van der Waals surface area contributed by atoms with E-state index in [2.05, 4.69) is 15.2 Å². The molecule has 1 aromatic heterocycles. The molecule has 1 aliphatic rings. The predicted octanol–water partition coefficient (Wildman–Crippen LogP) is 2.31. The Balaban J connectivity index is 1.44. The van der Waals surface area contributed by atoms with Gasteiger partial charge in [-0.1, -0.05) is 35.9 Å². The lowest BCUT2D eigenvalue weighted by atomic mass is 10.2. The van der Waals surface area contributed by atoms with Gasteiger partial charge in [-0.15, -0.1) is 0 Å². The molecule has 2 heterocycles. The summed E-state index contributed by atoms with van der Waals surface area (Å²) in [7, 11) is 0. The Bertz CT molecular complexity index is 735. The molecule has 0 atom stereocenters. The maximum Gasteiger partial charge on any atom is 0.234 e. The second-order valence-corrected chi connectivity index (χ2v) is 6.36. The number of hydrogen-bond donors (Lipinski definition) is 1. The van der Waals surface area contributed by atoms with Gasteiger partial charge in [0.25, 0.3) is 0 Å². The third-order valence-electron chi connectivity index (χ3n) is 4.20. The Morgan fingerprint density at radius 1 is 1.12 bits per heavy atom. The molecule has 25 heavy (non-hydrogen) atoms. The highest BCUT2D eigenvalue weighted by Gasteiger charge is 2.20. The van der Waals surface area contributed by atoms with Crippen LogP contribution in [0.1, 0.15) is 5.56 Å². The van der Waals surface area contributed by atoms with Crippen molar-refractivity contribution in [3.8, 4) is 0 Å². The van der Waals surface area contributed by atoms with E-state index < -0.39 is 5.95 Å². The monoisotopic (exact) mass is 362 g/mol. The van der Waals surface area contributed by atoms with Crippen LogP contribution in [0.4, 0.5) is 10.2 Å². The van der Waals surface area contributed by atoms with Crippen molar-refractivity contribution in [3.05, 3.63) is 59.0 Å². The fourth-order valence-corrected chi connectivity index (χ4v) is 3.01. The number of amides is 1. The minimum Gasteiger partial charge on any atom is -0.354 e. The van der Waals surface area contributed by atoms with Gasteiger partial charge < -0.3 is 10.2 Å². The number of nitrogens with one attached hydrogen (secondary N) is 1. The van der Waals surface area contributed by atoms with Gasteiger partial charge in [-0.05, 0) is 23.8 Å². The first-order valence-corrected chi connectivity index (χ1v) is 8.59. The summed E-state index contributed by atoms with van der Waals surface area (Å²) in [5.41, 5.74) is 0.902. The van der Waals surface area contributed by atoms with Crippen molar-refractivity contribution >= 4 is 23.3 Å². The summed E-state index contributed by atoms with van der Waals surface area (Å²) in [6.07, 6.45) is 0. The maximum atomic E-state index is 13.2. The quantitative estimate of drug-likeness (QED) is 0.829. The van der Waals surface area contributed by atoms with E-state index in [1.54, 1.807) is 12.1 Å². The van der Waals surface area contributed by atoms with Gasteiger partial charge in [0.1, 0.15) is 5.82 Å². The fourth-order valence-electron chi connectivity index (χ4n) is 2.80. The van der Waals surface area contributed by atoms with Gasteiger partial charge in [0.2, 0.25) is 11.9 Å². The average molecular weight is 363 g/mol. The molecule has 7 heteroatoms. The molecular weight excluding hydrogens is 343 g/mol. The molecule has 2 aromatic rings. The number of halogens is 2. The van der Waals surface area contributed by atoms with E-state index in [9.17, 15) is 9.18 Å². The van der Waals surface area contributed by atoms with Crippen LogP contribution in [-0.4, -0.2) is 48.5 Å². The van der Waals surface area contributed by atoms with Crippen LogP contribution in [-0.2, 0) is 11.3 Å². The third kappa shape index (κ3) is 4.90. The number of aromatic nitrogens is 1. The van der Waals surface area contributed by atoms with Gasteiger partial charge in [-0.3, -0.25) is 9.69 Å². The fraction of sp³-hybridized carbons (Fsp3) is 0.333. The van der Waals surface area contributed by atoms with E-state index in [1.165, 1.54) is 6.07 Å². The Morgan fingerprint density at radius 2 is 1.88 bits per heavy atom. The van der Waals surface area contributed by atoms with Crippen LogP contribution in [0.15, 0.2) is 42.5 Å². The van der Waals surface area contributed by atoms with E-state index in [1.807, 2.05) is 29.2 Å². The smallest absolute Gasteiger partial charge is 0.234 e. The van der Waals surface area contributed by atoms with Crippen molar-refractivity contribution in [3.63, 3.8) is 0 Å². The number of pyridine rings is 1. The van der Waals surface area contributed by atoms with Crippen LogP contribution in [0.3, 0.4) is 0 Å². The van der Waals surface area contributed by atoms with E-state index in [-0.39, 0.29) is 5.91 Å². The molecular formula is C18H20ClFN4O. The molecule has 1 aromatic carbocycles. The molecule has 0 radical (unpaired) electrons. The SMILES string of the molecule is O=C(CN1CCN(c2cccc(F)n2)CC1)NCc1ccccc1Cl. The summed E-state index contributed by atoms with van der Waals surface area (Å²) < 4.78 is 13.2. The Hall–Kier alpha value is -2.18. The molecule has 1 saturated heterocycles. The first-order chi connectivity index (χ1) is 12.1. The molecule has 1 aliphatic heterocycles. The Kier molecular flexibility index (Phi) is 5.83. The van der Waals surface area contributed by atoms with E-state index in [0.29, 0.717) is 37.0 Å². The zero-order valence-corrected chi connectivity index (χ0v) is 14.5. The molecule has 1 amide bonds. The van der Waals surface area contributed by atoms with Gasteiger partial charge in [-0.25, -0.2) is 4.98 Å². The van der Waals surface area contributed by atoms with Crippen LogP contribution in [0.5, 0.6) is 0 Å². The second-order valence-electron chi connectivity index (χ2n) is 5.95. The van der Waals surface area contributed by atoms with E-state index in [0.717, 1.165) is 18.7 Å². The van der Waals surface area contributed by atoms with Gasteiger partial charge >= 0.3 is 0 Å². The second kappa shape index (κ2) is 8.27. The van der Waals surface area contributed by atoms with Crippen LogP contribution in [0.2, 0.25) is 5.02 Å².